The van der Waals surface area contributed by atoms with Crippen LogP contribution in [0.2, 0.25) is 0 Å². The minimum absolute atomic E-state index is 0.0646. The van der Waals surface area contributed by atoms with Crippen LogP contribution in [0.4, 0.5) is 0 Å². The molecular formula is C22H19Br2NO3. The first-order chi connectivity index (χ1) is 13.3. The second-order valence-corrected chi connectivity index (χ2v) is 9.98. The first-order valence-corrected chi connectivity index (χ1v) is 10.4. The molecule has 4 nitrogen and oxygen atoms in total. The zero-order chi connectivity index (χ0) is 20.3. The van der Waals surface area contributed by atoms with Gasteiger partial charge in [0.25, 0.3) is 0 Å². The molecule has 0 spiro atoms. The van der Waals surface area contributed by atoms with E-state index in [1.165, 1.54) is 0 Å². The Labute approximate surface area is 181 Å². The van der Waals surface area contributed by atoms with Gasteiger partial charge in [-0.05, 0) is 67.5 Å². The summed E-state index contributed by atoms with van der Waals surface area (Å²) in [7, 11) is 0. The smallest absolute Gasteiger partial charge is 0.311 e. The van der Waals surface area contributed by atoms with Crippen LogP contribution in [0.25, 0.3) is 0 Å². The molecule has 0 aromatic heterocycles. The van der Waals surface area contributed by atoms with Crippen LogP contribution < -0.4 is 4.74 Å². The Bertz CT molecular complexity index is 913. The van der Waals surface area contributed by atoms with Gasteiger partial charge in [-0.25, -0.2) is 0 Å². The molecule has 3 atom stereocenters. The molecule has 0 saturated heterocycles. The van der Waals surface area contributed by atoms with Crippen molar-refractivity contribution in [2.45, 2.75) is 20.0 Å². The van der Waals surface area contributed by atoms with Crippen LogP contribution in [0.1, 0.15) is 25.5 Å². The molecule has 0 radical (unpaired) electrons. The molecule has 0 bridgehead atoms. The van der Waals surface area contributed by atoms with Crippen LogP contribution >= 0.6 is 31.9 Å². The standard InChI is InChI=1S/C22H19Br2NO3/c1-22(2)17(12-19(23)24)20(22)21(26)28-18(13-25)14-8-10-16(11-9-14)27-15-6-4-3-5-7-15/h3-12,17-18,20H,1-2H3/t17-,18-,20-/m0/s1. The van der Waals surface area contributed by atoms with E-state index in [0.29, 0.717) is 11.3 Å². The number of allylic oxidation sites excluding steroid dienone is 1. The molecule has 0 aliphatic heterocycles. The maximum Gasteiger partial charge on any atom is 0.311 e. The van der Waals surface area contributed by atoms with Gasteiger partial charge in [0, 0.05) is 5.56 Å². The molecule has 28 heavy (non-hydrogen) atoms. The average molecular weight is 505 g/mol. The zero-order valence-electron chi connectivity index (χ0n) is 15.4. The summed E-state index contributed by atoms with van der Waals surface area (Å²) in [5.41, 5.74) is 0.417. The van der Waals surface area contributed by atoms with Gasteiger partial charge < -0.3 is 9.47 Å². The number of carbonyl (C=O) groups excluding carboxylic acids is 1. The van der Waals surface area contributed by atoms with Crippen molar-refractivity contribution in [3.05, 3.63) is 69.6 Å². The quantitative estimate of drug-likeness (QED) is 0.422. The van der Waals surface area contributed by atoms with Crippen LogP contribution in [0, 0.1) is 28.6 Å². The number of hydrogen-bond donors (Lipinski definition) is 0. The molecule has 0 N–H and O–H groups in total. The first-order valence-electron chi connectivity index (χ1n) is 8.78. The van der Waals surface area contributed by atoms with Gasteiger partial charge in [-0.2, -0.15) is 5.26 Å². The summed E-state index contributed by atoms with van der Waals surface area (Å²) in [6.45, 7) is 4.03. The lowest BCUT2D eigenvalue weighted by Gasteiger charge is -2.13. The summed E-state index contributed by atoms with van der Waals surface area (Å²) < 4.78 is 12.1. The summed E-state index contributed by atoms with van der Waals surface area (Å²) in [6.07, 6.45) is 0.995. The van der Waals surface area contributed by atoms with Gasteiger partial charge in [-0.3, -0.25) is 4.79 Å². The molecule has 1 saturated carbocycles. The molecule has 1 aliphatic carbocycles. The predicted octanol–water partition coefficient (Wildman–Crippen LogP) is 6.49. The van der Waals surface area contributed by atoms with E-state index in [1.807, 2.05) is 50.3 Å². The Morgan fingerprint density at radius 3 is 2.29 bits per heavy atom. The minimum Gasteiger partial charge on any atom is -0.457 e. The number of carbonyl (C=O) groups is 1. The lowest BCUT2D eigenvalue weighted by atomic mass is 10.1. The highest BCUT2D eigenvalue weighted by atomic mass is 79.9. The Hall–Kier alpha value is -2.10. The van der Waals surface area contributed by atoms with E-state index in [-0.39, 0.29) is 23.2 Å². The van der Waals surface area contributed by atoms with Crippen LogP contribution in [0.15, 0.2) is 64.1 Å². The van der Waals surface area contributed by atoms with Crippen molar-refractivity contribution < 1.29 is 14.3 Å². The molecule has 1 aliphatic rings. The zero-order valence-corrected chi connectivity index (χ0v) is 18.6. The maximum absolute atomic E-state index is 12.6. The van der Waals surface area contributed by atoms with Gasteiger partial charge in [0.2, 0.25) is 6.10 Å². The predicted molar refractivity (Wildman–Crippen MR) is 114 cm³/mol. The molecule has 0 heterocycles. The van der Waals surface area contributed by atoms with Gasteiger partial charge in [0.15, 0.2) is 0 Å². The lowest BCUT2D eigenvalue weighted by molar-refractivity contribution is -0.149. The molecule has 1 fully saturated rings. The summed E-state index contributed by atoms with van der Waals surface area (Å²) in [5, 5.41) is 9.49. The van der Waals surface area contributed by atoms with Gasteiger partial charge in [0.05, 0.1) is 9.31 Å². The van der Waals surface area contributed by atoms with E-state index < -0.39 is 6.10 Å². The number of halogens is 2. The molecular weight excluding hydrogens is 486 g/mol. The van der Waals surface area contributed by atoms with E-state index >= 15 is 0 Å². The number of nitriles is 1. The molecule has 2 aromatic rings. The Kier molecular flexibility index (Phi) is 6.26. The maximum atomic E-state index is 12.6. The summed E-state index contributed by atoms with van der Waals surface area (Å²) >= 11 is 6.67. The van der Waals surface area contributed by atoms with Crippen molar-refractivity contribution in [1.29, 1.82) is 5.26 Å². The monoisotopic (exact) mass is 503 g/mol. The fraction of sp³-hybridized carbons (Fsp3) is 0.273. The van der Waals surface area contributed by atoms with E-state index in [9.17, 15) is 10.1 Å². The van der Waals surface area contributed by atoms with Crippen molar-refractivity contribution in [3.63, 3.8) is 0 Å². The lowest BCUT2D eigenvalue weighted by Crippen LogP contribution is -2.14. The number of rotatable bonds is 6. The number of ether oxygens (including phenoxy) is 2. The summed E-state index contributed by atoms with van der Waals surface area (Å²) in [5.74, 6) is 0.813. The van der Waals surface area contributed by atoms with E-state index in [4.69, 9.17) is 9.47 Å². The average Bonchev–Trinajstić information content (AvgIpc) is 3.20. The molecule has 144 valence electrons. The highest BCUT2D eigenvalue weighted by Gasteiger charge is 2.61. The van der Waals surface area contributed by atoms with Crippen LogP contribution in [-0.4, -0.2) is 5.97 Å². The van der Waals surface area contributed by atoms with Gasteiger partial charge >= 0.3 is 5.97 Å². The Morgan fingerprint density at radius 2 is 1.71 bits per heavy atom. The first kappa shape index (κ1) is 20.6. The highest BCUT2D eigenvalue weighted by Crippen LogP contribution is 2.60. The summed E-state index contributed by atoms with van der Waals surface area (Å²) in [4.78, 5) is 12.6. The molecule has 0 amide bonds. The third kappa shape index (κ3) is 4.65. The molecule has 3 rings (SSSR count). The third-order valence-corrected chi connectivity index (χ3v) is 5.51. The fourth-order valence-electron chi connectivity index (χ4n) is 3.27. The topological polar surface area (TPSA) is 59.3 Å². The largest absolute Gasteiger partial charge is 0.457 e. The normalized spacial score (nSPS) is 20.4. The second-order valence-electron chi connectivity index (χ2n) is 7.21. The van der Waals surface area contributed by atoms with Crippen LogP contribution in [0.3, 0.4) is 0 Å². The van der Waals surface area contributed by atoms with Crippen molar-refractivity contribution in [1.82, 2.24) is 0 Å². The van der Waals surface area contributed by atoms with Crippen LogP contribution in [-0.2, 0) is 9.53 Å². The van der Waals surface area contributed by atoms with Gasteiger partial charge in [-0.15, -0.1) is 0 Å². The van der Waals surface area contributed by atoms with Gasteiger partial charge in [0.1, 0.15) is 17.6 Å². The second kappa shape index (κ2) is 8.50. The Balaban J connectivity index is 1.66. The number of hydrogen-bond acceptors (Lipinski definition) is 4. The number of esters is 1. The highest BCUT2D eigenvalue weighted by molar-refractivity contribution is 9.28. The van der Waals surface area contributed by atoms with Gasteiger partial charge in [-0.1, -0.05) is 50.3 Å². The van der Waals surface area contributed by atoms with E-state index in [2.05, 4.69) is 37.9 Å². The van der Waals surface area contributed by atoms with E-state index in [1.54, 1.807) is 24.3 Å². The van der Waals surface area contributed by atoms with Crippen molar-refractivity contribution in [3.8, 4) is 17.6 Å². The number of benzene rings is 2. The molecule has 2 aromatic carbocycles. The van der Waals surface area contributed by atoms with Crippen LogP contribution in [0.5, 0.6) is 11.5 Å². The fourth-order valence-corrected chi connectivity index (χ4v) is 3.84. The van der Waals surface area contributed by atoms with Crippen molar-refractivity contribution in [2.24, 2.45) is 17.3 Å². The SMILES string of the molecule is CC1(C)[C@H](C(=O)O[C@@H](C#N)c2ccc(Oc3ccccc3)cc2)[C@@H]1C=C(Br)Br. The summed E-state index contributed by atoms with van der Waals surface area (Å²) in [6, 6.07) is 18.5. The van der Waals surface area contributed by atoms with Crippen molar-refractivity contribution in [2.75, 3.05) is 0 Å². The molecule has 6 heteroatoms. The number of nitrogens with zero attached hydrogens (tertiary/aromatic N) is 1. The Morgan fingerprint density at radius 1 is 1.11 bits per heavy atom. The number of para-hydroxylation sites is 1. The molecule has 0 unspecified atom stereocenters. The van der Waals surface area contributed by atoms with Crippen molar-refractivity contribution >= 4 is 37.8 Å². The third-order valence-electron chi connectivity index (χ3n) is 4.98. The minimum atomic E-state index is -0.952. The van der Waals surface area contributed by atoms with E-state index in [0.717, 1.165) is 9.14 Å².